The van der Waals surface area contributed by atoms with Crippen molar-refractivity contribution < 1.29 is 73.2 Å². The van der Waals surface area contributed by atoms with E-state index in [-0.39, 0.29) is 51.1 Å². The van der Waals surface area contributed by atoms with Gasteiger partial charge in [-0.25, -0.2) is 4.79 Å². The molecule has 13 N–H and O–H groups in total. The van der Waals surface area contributed by atoms with Crippen molar-refractivity contribution in [3.05, 3.63) is 0 Å². The van der Waals surface area contributed by atoms with E-state index in [0.717, 1.165) is 4.90 Å². The molecule has 9 amide bonds. The second-order valence-electron chi connectivity index (χ2n) is 18.1. The number of aliphatic hydroxyl groups is 2. The molecule has 3 rings (SSSR count). The molecular weight excluding hydrogens is 897 g/mol. The van der Waals surface area contributed by atoms with Crippen LogP contribution in [0, 0.1) is 11.8 Å². The maximum absolute atomic E-state index is 14.1. The van der Waals surface area contributed by atoms with E-state index < -0.39 is 145 Å². The van der Waals surface area contributed by atoms with Crippen LogP contribution in [-0.2, 0) is 52.7 Å². The third-order valence-corrected chi connectivity index (χ3v) is 12.3. The highest BCUT2D eigenvalue weighted by molar-refractivity contribution is 5.99. The maximum atomic E-state index is 14.1. The quantitative estimate of drug-likeness (QED) is 0.0392. The summed E-state index contributed by atoms with van der Waals surface area (Å²) in [7, 11) is 0. The number of hydrogen-bond acceptors (Lipinski definition) is 14. The van der Waals surface area contributed by atoms with E-state index in [1.54, 1.807) is 13.8 Å². The van der Waals surface area contributed by atoms with Gasteiger partial charge in [-0.05, 0) is 76.7 Å². The Balaban J connectivity index is 1.76. The number of amides is 9. The molecule has 3 aliphatic rings. The number of nitrogens with one attached hydrogen (secondary N) is 7. The molecule has 3 aliphatic heterocycles. The second-order valence-corrected chi connectivity index (χ2v) is 18.1. The molecule has 0 spiro atoms. The van der Waals surface area contributed by atoms with Crippen LogP contribution in [-0.4, -0.2) is 182 Å². The number of aliphatic carboxylic acids is 2. The van der Waals surface area contributed by atoms with Crippen LogP contribution >= 0.6 is 0 Å². The Morgan fingerprint density at radius 2 is 1.22 bits per heavy atom. The molecule has 0 aromatic heterocycles. The van der Waals surface area contributed by atoms with Crippen molar-refractivity contribution in [3.8, 4) is 0 Å². The highest BCUT2D eigenvalue weighted by Crippen LogP contribution is 2.23. The zero-order chi connectivity index (χ0) is 51.0. The van der Waals surface area contributed by atoms with Gasteiger partial charge in [0.2, 0.25) is 53.2 Å². The van der Waals surface area contributed by atoms with Gasteiger partial charge in [-0.2, -0.15) is 0 Å². The number of rotatable bonds is 26. The van der Waals surface area contributed by atoms with Gasteiger partial charge in [0.1, 0.15) is 48.3 Å². The predicted molar refractivity (Wildman–Crippen MR) is 238 cm³/mol. The smallest absolute Gasteiger partial charge is 0.326 e. The molecule has 0 aliphatic carbocycles. The molecule has 25 heteroatoms. The summed E-state index contributed by atoms with van der Waals surface area (Å²) >= 11 is 0. The van der Waals surface area contributed by atoms with Crippen LogP contribution < -0.4 is 43.0 Å². The minimum atomic E-state index is -1.85. The van der Waals surface area contributed by atoms with E-state index in [1.807, 2.05) is 13.8 Å². The Labute approximate surface area is 394 Å². The summed E-state index contributed by atoms with van der Waals surface area (Å²) in [6.45, 7) is 8.03. The summed E-state index contributed by atoms with van der Waals surface area (Å²) < 4.78 is 0. The summed E-state index contributed by atoms with van der Waals surface area (Å²) in [5.41, 5.74) is 5.16. The molecule has 68 heavy (non-hydrogen) atoms. The summed E-state index contributed by atoms with van der Waals surface area (Å²) in [5, 5.41) is 57.4. The number of carboxylic acid groups (broad SMARTS) is 2. The monoisotopic (exact) mass is 967 g/mol. The Morgan fingerprint density at radius 3 is 1.72 bits per heavy atom. The molecule has 382 valence electrons. The minimum Gasteiger partial charge on any atom is -0.481 e. The lowest BCUT2D eigenvalue weighted by atomic mass is 9.96. The molecular formula is C43H70N10O15. The molecule has 3 saturated heterocycles. The third-order valence-electron chi connectivity index (χ3n) is 12.3. The van der Waals surface area contributed by atoms with Crippen LogP contribution in [0.3, 0.4) is 0 Å². The van der Waals surface area contributed by atoms with Crippen molar-refractivity contribution in [1.82, 2.24) is 47.0 Å². The first-order valence-corrected chi connectivity index (χ1v) is 23.2. The first-order chi connectivity index (χ1) is 32.0. The van der Waals surface area contributed by atoms with E-state index >= 15 is 0 Å². The fraction of sp³-hybridized carbons (Fsp3) is 0.744. The number of nitrogens with zero attached hydrogens (tertiary/aromatic N) is 2. The van der Waals surface area contributed by atoms with E-state index in [2.05, 4.69) is 37.2 Å². The lowest BCUT2D eigenvalue weighted by molar-refractivity contribution is -0.146. The number of carbonyl (C=O) groups is 11. The van der Waals surface area contributed by atoms with Crippen LogP contribution in [0.1, 0.15) is 105 Å². The molecule has 25 nitrogen and oxygen atoms in total. The van der Waals surface area contributed by atoms with Gasteiger partial charge in [-0.15, -0.1) is 0 Å². The van der Waals surface area contributed by atoms with E-state index in [1.165, 1.54) is 11.8 Å². The van der Waals surface area contributed by atoms with Crippen LogP contribution in [0.4, 0.5) is 0 Å². The summed E-state index contributed by atoms with van der Waals surface area (Å²) in [4.78, 5) is 146. The zero-order valence-electron chi connectivity index (χ0n) is 39.3. The van der Waals surface area contributed by atoms with Gasteiger partial charge in [0, 0.05) is 19.5 Å². The average molecular weight is 967 g/mol. The fourth-order valence-corrected chi connectivity index (χ4v) is 8.38. The number of likely N-dealkylation sites (tertiary alicyclic amines) is 2. The van der Waals surface area contributed by atoms with Gasteiger partial charge in [0.15, 0.2) is 0 Å². The van der Waals surface area contributed by atoms with Crippen molar-refractivity contribution in [2.75, 3.05) is 26.2 Å². The summed E-state index contributed by atoms with van der Waals surface area (Å²) in [6.07, 6.45) is -0.492. The predicted octanol–water partition coefficient (Wildman–Crippen LogP) is -4.08. The van der Waals surface area contributed by atoms with E-state index in [4.69, 9.17) is 5.73 Å². The number of hydrogen-bond donors (Lipinski definition) is 12. The lowest BCUT2D eigenvalue weighted by Crippen LogP contribution is -2.62. The van der Waals surface area contributed by atoms with Crippen LogP contribution in [0.2, 0.25) is 0 Å². The standard InChI is InChI=1S/C43H70N10O15/c1-6-22(4)33(40(64)48-27(18-21(2)3)41(65)52-16-8-11-29(52)38(62)46-25(43(67)68)13-14-31(44)56)50-39(63)30-12-9-17-53(30)42(66)34(23(5)55)51-36(60)26(19-32(57)58)47-37(61)28(20-54)49-35(59)24-10-7-15-45-24/h21-30,33-34,45,54-55H,6-20H2,1-5H3,(H2,44,56)(H,46,62)(H,47,61)(H,48,64)(H,49,59)(H,50,63)(H,51,60)(H,57,58)(H,67,68). The Morgan fingerprint density at radius 1 is 0.662 bits per heavy atom. The fourth-order valence-electron chi connectivity index (χ4n) is 8.38. The van der Waals surface area contributed by atoms with Crippen molar-refractivity contribution in [2.45, 2.75) is 166 Å². The van der Waals surface area contributed by atoms with Gasteiger partial charge in [0.25, 0.3) is 0 Å². The van der Waals surface area contributed by atoms with E-state index in [9.17, 15) is 73.2 Å². The van der Waals surface area contributed by atoms with Crippen molar-refractivity contribution in [1.29, 1.82) is 0 Å². The van der Waals surface area contributed by atoms with Gasteiger partial charge in [-0.3, -0.25) is 47.9 Å². The molecule has 11 unspecified atom stereocenters. The van der Waals surface area contributed by atoms with Crippen molar-refractivity contribution in [2.24, 2.45) is 17.6 Å². The number of carbonyl (C=O) groups excluding carboxylic acids is 9. The minimum absolute atomic E-state index is 0.0207. The number of primary amides is 1. The van der Waals surface area contributed by atoms with Gasteiger partial charge >= 0.3 is 11.9 Å². The maximum Gasteiger partial charge on any atom is 0.326 e. The van der Waals surface area contributed by atoms with Crippen LogP contribution in [0.25, 0.3) is 0 Å². The van der Waals surface area contributed by atoms with Gasteiger partial charge < -0.3 is 73.2 Å². The third kappa shape index (κ3) is 16.1. The Kier molecular flexibility index (Phi) is 22.0. The zero-order valence-corrected chi connectivity index (χ0v) is 39.3. The molecule has 0 bridgehead atoms. The van der Waals surface area contributed by atoms with Crippen LogP contribution in [0.15, 0.2) is 0 Å². The second kappa shape index (κ2) is 26.6. The number of nitrogens with two attached hydrogens (primary N) is 1. The number of aliphatic hydroxyl groups excluding tert-OH is 2. The SMILES string of the molecule is CCC(C)C(NC(=O)C1CCCN1C(=O)C(NC(=O)C(CC(=O)O)NC(=O)C(CO)NC(=O)C1CCCN1)C(C)O)C(=O)NC(CC(C)C)C(=O)N1CCCC1C(=O)NC(CCC(N)=O)C(=O)O. The largest absolute Gasteiger partial charge is 0.481 e. The molecule has 3 fully saturated rings. The molecule has 0 radical (unpaired) electrons. The molecule has 0 aromatic carbocycles. The first kappa shape index (κ1) is 56.4. The highest BCUT2D eigenvalue weighted by Gasteiger charge is 2.44. The van der Waals surface area contributed by atoms with Crippen molar-refractivity contribution >= 4 is 65.1 Å². The molecule has 0 saturated carbocycles. The van der Waals surface area contributed by atoms with Crippen LogP contribution in [0.5, 0.6) is 0 Å². The van der Waals surface area contributed by atoms with Gasteiger partial charge in [0.05, 0.1) is 25.2 Å². The number of carboxylic acids is 2. The van der Waals surface area contributed by atoms with Crippen molar-refractivity contribution in [3.63, 3.8) is 0 Å². The molecule has 3 heterocycles. The lowest BCUT2D eigenvalue weighted by Gasteiger charge is -2.33. The summed E-state index contributed by atoms with van der Waals surface area (Å²) in [5.74, 6) is -11.0. The van der Waals surface area contributed by atoms with E-state index in [0.29, 0.717) is 38.6 Å². The summed E-state index contributed by atoms with van der Waals surface area (Å²) in [6, 6.07) is -11.9. The highest BCUT2D eigenvalue weighted by atomic mass is 16.4. The molecule has 0 aromatic rings. The Hall–Kier alpha value is -5.95. The topological polar surface area (TPSA) is 385 Å². The molecule has 11 atom stereocenters. The Bertz CT molecular complexity index is 1860. The first-order valence-electron chi connectivity index (χ1n) is 23.2. The normalized spacial score (nSPS) is 21.5. The van der Waals surface area contributed by atoms with Gasteiger partial charge in [-0.1, -0.05) is 34.1 Å². The average Bonchev–Trinajstić information content (AvgIpc) is 4.09.